The highest BCUT2D eigenvalue weighted by atomic mass is 16.5. The first kappa shape index (κ1) is 22.9. The molecule has 7 nitrogen and oxygen atoms in total. The van der Waals surface area contributed by atoms with Gasteiger partial charge in [0.15, 0.2) is 5.96 Å². The molecular formula is C24H34N4O3. The molecule has 0 saturated carbocycles. The van der Waals surface area contributed by atoms with E-state index in [1.165, 1.54) is 11.1 Å². The Morgan fingerprint density at radius 3 is 2.58 bits per heavy atom. The number of ether oxygens (including phenoxy) is 3. The summed E-state index contributed by atoms with van der Waals surface area (Å²) in [6, 6.07) is 16.3. The van der Waals surface area contributed by atoms with Gasteiger partial charge in [0.05, 0.1) is 26.9 Å². The smallest absolute Gasteiger partial charge is 0.191 e. The van der Waals surface area contributed by atoms with E-state index < -0.39 is 0 Å². The monoisotopic (exact) mass is 426 g/mol. The van der Waals surface area contributed by atoms with Crippen LogP contribution in [0, 0.1) is 0 Å². The molecule has 0 spiro atoms. The van der Waals surface area contributed by atoms with Crippen molar-refractivity contribution in [1.29, 1.82) is 0 Å². The van der Waals surface area contributed by atoms with Crippen molar-refractivity contribution in [2.45, 2.75) is 26.1 Å². The number of nitrogens with zero attached hydrogens (tertiary/aromatic N) is 2. The normalized spacial score (nSPS) is 15.9. The van der Waals surface area contributed by atoms with Crippen molar-refractivity contribution in [3.05, 3.63) is 59.7 Å². The first-order valence-corrected chi connectivity index (χ1v) is 10.8. The predicted octanol–water partition coefficient (Wildman–Crippen LogP) is 2.66. The van der Waals surface area contributed by atoms with E-state index in [4.69, 9.17) is 14.2 Å². The number of methoxy groups -OCH3 is 1. The Bertz CT molecular complexity index is 837. The highest BCUT2D eigenvalue weighted by molar-refractivity contribution is 5.79. The summed E-state index contributed by atoms with van der Waals surface area (Å²) in [4.78, 5) is 6.75. The number of aliphatic imine (C=N–C) groups is 1. The second-order valence-corrected chi connectivity index (χ2v) is 7.62. The summed E-state index contributed by atoms with van der Waals surface area (Å²) in [7, 11) is 3.43. The van der Waals surface area contributed by atoms with E-state index in [9.17, 15) is 0 Å². The van der Waals surface area contributed by atoms with E-state index in [0.717, 1.165) is 50.3 Å². The zero-order valence-electron chi connectivity index (χ0n) is 18.8. The van der Waals surface area contributed by atoms with Gasteiger partial charge in [0.25, 0.3) is 0 Å². The second kappa shape index (κ2) is 12.2. The molecule has 0 amide bonds. The minimum Gasteiger partial charge on any atom is -0.497 e. The first-order valence-electron chi connectivity index (χ1n) is 10.8. The van der Waals surface area contributed by atoms with Gasteiger partial charge >= 0.3 is 0 Å². The lowest BCUT2D eigenvalue weighted by molar-refractivity contribution is 0.0342. The fourth-order valence-electron chi connectivity index (χ4n) is 3.45. The Kier molecular flexibility index (Phi) is 8.99. The molecular weight excluding hydrogens is 392 g/mol. The van der Waals surface area contributed by atoms with Crippen LogP contribution in [-0.4, -0.2) is 64.0 Å². The maximum Gasteiger partial charge on any atom is 0.191 e. The molecule has 2 N–H and O–H groups in total. The Balaban J connectivity index is 1.44. The van der Waals surface area contributed by atoms with Gasteiger partial charge in [0.2, 0.25) is 0 Å². The van der Waals surface area contributed by atoms with E-state index in [1.54, 1.807) is 14.2 Å². The molecule has 3 rings (SSSR count). The number of nitrogens with one attached hydrogen (secondary N) is 2. The van der Waals surface area contributed by atoms with Crippen LogP contribution in [0.5, 0.6) is 11.5 Å². The van der Waals surface area contributed by atoms with Gasteiger partial charge in [-0.3, -0.25) is 9.89 Å². The SMILES string of the molecule is CN=C(NCc1cccc(CN2CCOCC2)c1)NCC(C)Oc1cccc(OC)c1. The Morgan fingerprint density at radius 2 is 1.81 bits per heavy atom. The molecule has 0 radical (unpaired) electrons. The van der Waals surface area contributed by atoms with Crippen molar-refractivity contribution in [3.8, 4) is 11.5 Å². The fourth-order valence-corrected chi connectivity index (χ4v) is 3.45. The van der Waals surface area contributed by atoms with Crippen molar-refractivity contribution >= 4 is 5.96 Å². The molecule has 1 heterocycles. The average Bonchev–Trinajstić information content (AvgIpc) is 2.80. The minimum atomic E-state index is -0.0255. The van der Waals surface area contributed by atoms with Crippen LogP contribution in [0.2, 0.25) is 0 Å². The largest absolute Gasteiger partial charge is 0.497 e. The van der Waals surface area contributed by atoms with Crippen LogP contribution in [-0.2, 0) is 17.8 Å². The summed E-state index contributed by atoms with van der Waals surface area (Å²) in [6.07, 6.45) is -0.0255. The quantitative estimate of drug-likeness (QED) is 0.475. The third-order valence-electron chi connectivity index (χ3n) is 5.12. The number of hydrogen-bond acceptors (Lipinski definition) is 5. The summed E-state index contributed by atoms with van der Waals surface area (Å²) >= 11 is 0. The molecule has 1 fully saturated rings. The molecule has 0 bridgehead atoms. The van der Waals surface area contributed by atoms with Gasteiger partial charge in [-0.15, -0.1) is 0 Å². The number of morpholine rings is 1. The van der Waals surface area contributed by atoms with Gasteiger partial charge in [-0.05, 0) is 30.2 Å². The van der Waals surface area contributed by atoms with E-state index in [2.05, 4.69) is 44.8 Å². The lowest BCUT2D eigenvalue weighted by atomic mass is 10.1. The van der Waals surface area contributed by atoms with Crippen LogP contribution < -0.4 is 20.1 Å². The van der Waals surface area contributed by atoms with Gasteiger partial charge in [-0.2, -0.15) is 0 Å². The standard InChI is InChI=1S/C24H34N4O3/c1-19(31-23-9-5-8-22(15-23)29-3)16-26-24(25-2)27-17-20-6-4-7-21(14-20)18-28-10-12-30-13-11-28/h4-9,14-15,19H,10-13,16-18H2,1-3H3,(H2,25,26,27). The van der Waals surface area contributed by atoms with Crippen LogP contribution in [0.3, 0.4) is 0 Å². The van der Waals surface area contributed by atoms with E-state index in [1.807, 2.05) is 31.2 Å². The lowest BCUT2D eigenvalue weighted by Gasteiger charge is -2.26. The summed E-state index contributed by atoms with van der Waals surface area (Å²) in [5, 5.41) is 6.71. The molecule has 1 atom stereocenters. The fraction of sp³-hybridized carbons (Fsp3) is 0.458. The zero-order valence-corrected chi connectivity index (χ0v) is 18.8. The molecule has 7 heteroatoms. The van der Waals surface area contributed by atoms with Crippen molar-refractivity contribution in [3.63, 3.8) is 0 Å². The van der Waals surface area contributed by atoms with Crippen molar-refractivity contribution in [2.75, 3.05) is 47.0 Å². The summed E-state index contributed by atoms with van der Waals surface area (Å²) in [6.45, 7) is 7.96. The van der Waals surface area contributed by atoms with Crippen LogP contribution in [0.1, 0.15) is 18.1 Å². The van der Waals surface area contributed by atoms with Crippen LogP contribution in [0.4, 0.5) is 0 Å². The number of guanidine groups is 1. The molecule has 2 aromatic carbocycles. The predicted molar refractivity (Wildman–Crippen MR) is 124 cm³/mol. The minimum absolute atomic E-state index is 0.0255. The van der Waals surface area contributed by atoms with Crippen molar-refractivity contribution < 1.29 is 14.2 Å². The van der Waals surface area contributed by atoms with Gasteiger partial charge in [-0.25, -0.2) is 0 Å². The highest BCUT2D eigenvalue weighted by Gasteiger charge is 2.11. The molecule has 2 aromatic rings. The van der Waals surface area contributed by atoms with Crippen LogP contribution in [0.25, 0.3) is 0 Å². The zero-order chi connectivity index (χ0) is 21.9. The molecule has 1 unspecified atom stereocenters. The highest BCUT2D eigenvalue weighted by Crippen LogP contribution is 2.19. The number of benzene rings is 2. The van der Waals surface area contributed by atoms with Gasteiger partial charge in [0.1, 0.15) is 17.6 Å². The first-order chi connectivity index (χ1) is 15.2. The number of rotatable bonds is 9. The van der Waals surface area contributed by atoms with Crippen LogP contribution in [0.15, 0.2) is 53.5 Å². The van der Waals surface area contributed by atoms with Gasteiger partial charge < -0.3 is 24.8 Å². The molecule has 1 saturated heterocycles. The summed E-state index contributed by atoms with van der Waals surface area (Å²) in [5.74, 6) is 2.32. The molecule has 31 heavy (non-hydrogen) atoms. The second-order valence-electron chi connectivity index (χ2n) is 7.62. The molecule has 0 aromatic heterocycles. The van der Waals surface area contributed by atoms with E-state index in [0.29, 0.717) is 13.1 Å². The average molecular weight is 427 g/mol. The third-order valence-corrected chi connectivity index (χ3v) is 5.12. The lowest BCUT2D eigenvalue weighted by Crippen LogP contribution is -2.41. The van der Waals surface area contributed by atoms with E-state index >= 15 is 0 Å². The third kappa shape index (κ3) is 7.77. The Morgan fingerprint density at radius 1 is 1.06 bits per heavy atom. The molecule has 1 aliphatic rings. The van der Waals surface area contributed by atoms with Crippen molar-refractivity contribution in [2.24, 2.45) is 4.99 Å². The summed E-state index contributed by atoms with van der Waals surface area (Å²) < 4.78 is 16.6. The summed E-state index contributed by atoms with van der Waals surface area (Å²) in [5.41, 5.74) is 2.55. The molecule has 0 aliphatic carbocycles. The molecule has 1 aliphatic heterocycles. The maximum absolute atomic E-state index is 5.96. The van der Waals surface area contributed by atoms with E-state index in [-0.39, 0.29) is 6.10 Å². The maximum atomic E-state index is 5.96. The van der Waals surface area contributed by atoms with Gasteiger partial charge in [0, 0.05) is 39.3 Å². The van der Waals surface area contributed by atoms with Crippen molar-refractivity contribution in [1.82, 2.24) is 15.5 Å². The van der Waals surface area contributed by atoms with Gasteiger partial charge in [-0.1, -0.05) is 30.3 Å². The number of hydrogen-bond donors (Lipinski definition) is 2. The Hall–Kier alpha value is -2.77. The van der Waals surface area contributed by atoms with Crippen LogP contribution >= 0.6 is 0 Å². The molecule has 168 valence electrons. The Labute approximate surface area is 185 Å². The topological polar surface area (TPSA) is 67.4 Å².